The van der Waals surface area contributed by atoms with Gasteiger partial charge in [0.2, 0.25) is 26.0 Å². The van der Waals surface area contributed by atoms with Gasteiger partial charge in [-0.3, -0.25) is 4.79 Å². The molecule has 0 saturated carbocycles. The molecule has 2 aromatic carbocycles. The Kier molecular flexibility index (Phi) is 10.7. The standard InChI is InChI=1S/C29H40F2N4O5S2/c1-21(36)33-27-3-5-28(6-4-27)42(39,40)32-20-22-7-12-34(13-8-22)14-11-29(24-17-25(30)19-26(31)18-24)23-9-15-35(16-10-23)41(2,37)38/h3-6,17-19,22-23,29,32H,7-16,20H2,1-2H3,(H,33,36). The molecule has 1 atom stereocenters. The topological polar surface area (TPSA) is 116 Å². The second kappa shape index (κ2) is 13.9. The summed E-state index contributed by atoms with van der Waals surface area (Å²) in [6, 6.07) is 9.67. The molecule has 4 rings (SSSR count). The summed E-state index contributed by atoms with van der Waals surface area (Å²) in [4.78, 5) is 13.6. The molecule has 0 radical (unpaired) electrons. The van der Waals surface area contributed by atoms with Crippen LogP contribution in [0.3, 0.4) is 0 Å². The van der Waals surface area contributed by atoms with Crippen LogP contribution in [-0.2, 0) is 24.8 Å². The monoisotopic (exact) mass is 626 g/mol. The Labute approximate surface area is 247 Å². The Hall–Kier alpha value is -2.45. The van der Waals surface area contributed by atoms with Crippen molar-refractivity contribution in [3.63, 3.8) is 0 Å². The highest BCUT2D eigenvalue weighted by molar-refractivity contribution is 7.89. The molecule has 2 aliphatic rings. The Bertz CT molecular complexity index is 1420. The molecular formula is C29H40F2N4O5S2. The van der Waals surface area contributed by atoms with E-state index in [-0.39, 0.29) is 28.6 Å². The Morgan fingerprint density at radius 1 is 0.929 bits per heavy atom. The summed E-state index contributed by atoms with van der Waals surface area (Å²) in [6.45, 7) is 4.82. The zero-order valence-electron chi connectivity index (χ0n) is 24.1. The van der Waals surface area contributed by atoms with Crippen LogP contribution in [0.2, 0.25) is 0 Å². The maximum absolute atomic E-state index is 14.1. The number of benzene rings is 2. The third-order valence-electron chi connectivity index (χ3n) is 8.36. The number of hydrogen-bond acceptors (Lipinski definition) is 6. The highest BCUT2D eigenvalue weighted by Gasteiger charge is 2.32. The Balaban J connectivity index is 1.30. The molecular weight excluding hydrogens is 586 g/mol. The molecule has 0 aliphatic carbocycles. The van der Waals surface area contributed by atoms with E-state index in [9.17, 15) is 30.4 Å². The minimum atomic E-state index is -3.68. The van der Waals surface area contributed by atoms with Crippen molar-refractivity contribution in [2.24, 2.45) is 11.8 Å². The fourth-order valence-electron chi connectivity index (χ4n) is 6.04. The summed E-state index contributed by atoms with van der Waals surface area (Å²) in [5, 5.41) is 2.61. The van der Waals surface area contributed by atoms with E-state index in [1.54, 1.807) is 12.1 Å². The van der Waals surface area contributed by atoms with Gasteiger partial charge in [-0.25, -0.2) is 34.6 Å². The largest absolute Gasteiger partial charge is 0.326 e. The van der Waals surface area contributed by atoms with Crippen LogP contribution in [0, 0.1) is 23.5 Å². The summed E-state index contributed by atoms with van der Waals surface area (Å²) in [7, 11) is -6.96. The average molecular weight is 627 g/mol. The molecule has 1 amide bonds. The van der Waals surface area contributed by atoms with E-state index in [1.807, 2.05) is 0 Å². The highest BCUT2D eigenvalue weighted by Crippen LogP contribution is 2.37. The fraction of sp³-hybridized carbons (Fsp3) is 0.552. The molecule has 2 N–H and O–H groups in total. The van der Waals surface area contributed by atoms with Crippen LogP contribution in [0.15, 0.2) is 47.4 Å². The van der Waals surface area contributed by atoms with Gasteiger partial charge in [-0.05, 0) is 111 Å². The van der Waals surface area contributed by atoms with Gasteiger partial charge in [-0.15, -0.1) is 0 Å². The highest BCUT2D eigenvalue weighted by atomic mass is 32.2. The van der Waals surface area contributed by atoms with E-state index in [0.29, 0.717) is 50.1 Å². The second-order valence-corrected chi connectivity index (χ2v) is 15.2. The normalized spacial score (nSPS) is 19.0. The van der Waals surface area contributed by atoms with Gasteiger partial charge in [0.25, 0.3) is 0 Å². The van der Waals surface area contributed by atoms with Crippen molar-refractivity contribution in [1.29, 1.82) is 0 Å². The van der Waals surface area contributed by atoms with Gasteiger partial charge >= 0.3 is 0 Å². The van der Waals surface area contributed by atoms with Crippen LogP contribution in [0.5, 0.6) is 0 Å². The predicted molar refractivity (Wildman–Crippen MR) is 158 cm³/mol. The van der Waals surface area contributed by atoms with Gasteiger partial charge in [0, 0.05) is 38.3 Å². The fourth-order valence-corrected chi connectivity index (χ4v) is 8.03. The summed E-state index contributed by atoms with van der Waals surface area (Å²) in [5.41, 5.74) is 1.14. The lowest BCUT2D eigenvalue weighted by molar-refractivity contribution is -0.114. The number of likely N-dealkylation sites (tertiary alicyclic amines) is 1. The maximum atomic E-state index is 14.1. The molecule has 1 unspecified atom stereocenters. The van der Waals surface area contributed by atoms with E-state index < -0.39 is 31.7 Å². The van der Waals surface area contributed by atoms with E-state index in [1.165, 1.54) is 41.8 Å². The van der Waals surface area contributed by atoms with Crippen molar-refractivity contribution < 1.29 is 30.4 Å². The first-order valence-electron chi connectivity index (χ1n) is 14.3. The van der Waals surface area contributed by atoms with Crippen LogP contribution in [0.25, 0.3) is 0 Å². The molecule has 42 heavy (non-hydrogen) atoms. The van der Waals surface area contributed by atoms with Crippen molar-refractivity contribution in [2.75, 3.05) is 50.8 Å². The molecule has 2 aromatic rings. The summed E-state index contributed by atoms with van der Waals surface area (Å²) >= 11 is 0. The van der Waals surface area contributed by atoms with Gasteiger partial charge in [-0.2, -0.15) is 0 Å². The maximum Gasteiger partial charge on any atom is 0.240 e. The Morgan fingerprint density at radius 3 is 2.07 bits per heavy atom. The number of halogens is 2. The summed E-state index contributed by atoms with van der Waals surface area (Å²) < 4.78 is 81.9. The van der Waals surface area contributed by atoms with E-state index in [2.05, 4.69) is 14.9 Å². The number of anilines is 1. The van der Waals surface area contributed by atoms with E-state index in [0.717, 1.165) is 38.5 Å². The molecule has 9 nitrogen and oxygen atoms in total. The quantitative estimate of drug-likeness (QED) is 0.393. The van der Waals surface area contributed by atoms with Crippen LogP contribution < -0.4 is 10.0 Å². The lowest BCUT2D eigenvalue weighted by Gasteiger charge is -2.37. The van der Waals surface area contributed by atoms with Crippen LogP contribution >= 0.6 is 0 Å². The van der Waals surface area contributed by atoms with Crippen molar-refractivity contribution in [3.05, 3.63) is 59.7 Å². The number of carbonyl (C=O) groups is 1. The summed E-state index contributed by atoms with van der Waals surface area (Å²) in [6.07, 6.45) is 4.79. The van der Waals surface area contributed by atoms with Gasteiger partial charge in [0.05, 0.1) is 11.2 Å². The van der Waals surface area contributed by atoms with Crippen molar-refractivity contribution in [2.45, 2.75) is 49.8 Å². The minimum absolute atomic E-state index is 0.0986. The number of nitrogens with zero attached hydrogens (tertiary/aromatic N) is 2. The van der Waals surface area contributed by atoms with Crippen LogP contribution in [-0.4, -0.2) is 77.5 Å². The molecule has 0 aromatic heterocycles. The minimum Gasteiger partial charge on any atom is -0.326 e. The van der Waals surface area contributed by atoms with Gasteiger partial charge in [-0.1, -0.05) is 0 Å². The van der Waals surface area contributed by atoms with Gasteiger partial charge in [0.1, 0.15) is 11.6 Å². The smallest absolute Gasteiger partial charge is 0.240 e. The number of sulfonamides is 2. The molecule has 0 bridgehead atoms. The molecule has 232 valence electrons. The molecule has 0 spiro atoms. The third-order valence-corrected chi connectivity index (χ3v) is 11.1. The number of carbonyl (C=O) groups excluding carboxylic acids is 1. The van der Waals surface area contributed by atoms with Crippen LogP contribution in [0.4, 0.5) is 14.5 Å². The number of piperidine rings is 2. The first kappa shape index (κ1) is 32.5. The SMILES string of the molecule is CC(=O)Nc1ccc(S(=O)(=O)NCC2CCN(CCC(c3cc(F)cc(F)c3)C3CCN(S(C)(=O)=O)CC3)CC2)cc1. The third kappa shape index (κ3) is 9.03. The zero-order chi connectivity index (χ0) is 30.5. The lowest BCUT2D eigenvalue weighted by atomic mass is 9.78. The number of hydrogen-bond donors (Lipinski definition) is 2. The van der Waals surface area contributed by atoms with Gasteiger partial charge in [0.15, 0.2) is 0 Å². The average Bonchev–Trinajstić information content (AvgIpc) is 2.92. The molecule has 2 aliphatic heterocycles. The molecule has 13 heteroatoms. The van der Waals surface area contributed by atoms with Crippen molar-refractivity contribution in [3.8, 4) is 0 Å². The molecule has 2 saturated heterocycles. The first-order chi connectivity index (χ1) is 19.8. The Morgan fingerprint density at radius 2 is 1.52 bits per heavy atom. The number of amides is 1. The number of nitrogens with one attached hydrogen (secondary N) is 2. The first-order valence-corrected chi connectivity index (χ1v) is 17.6. The molecule has 2 fully saturated rings. The van der Waals surface area contributed by atoms with Gasteiger partial charge < -0.3 is 10.2 Å². The van der Waals surface area contributed by atoms with Crippen LogP contribution in [0.1, 0.15) is 50.5 Å². The lowest BCUT2D eigenvalue weighted by Crippen LogP contribution is -2.41. The second-order valence-electron chi connectivity index (χ2n) is 11.4. The predicted octanol–water partition coefficient (Wildman–Crippen LogP) is 3.76. The van der Waals surface area contributed by atoms with Crippen molar-refractivity contribution >= 4 is 31.6 Å². The summed E-state index contributed by atoms with van der Waals surface area (Å²) in [5.74, 6) is -1.26. The van der Waals surface area contributed by atoms with E-state index in [4.69, 9.17) is 0 Å². The zero-order valence-corrected chi connectivity index (χ0v) is 25.7. The van der Waals surface area contributed by atoms with E-state index >= 15 is 0 Å². The molecule has 2 heterocycles. The van der Waals surface area contributed by atoms with Crippen molar-refractivity contribution in [1.82, 2.24) is 13.9 Å². The number of rotatable bonds is 11.